The van der Waals surface area contributed by atoms with Gasteiger partial charge in [-0.1, -0.05) is 57.0 Å². The minimum absolute atomic E-state index is 0.667. The number of hydrogen-bond acceptors (Lipinski definition) is 1. The van der Waals surface area contributed by atoms with E-state index >= 15 is 0 Å². The molecule has 2 rings (SSSR count). The number of hydrogen-bond donors (Lipinski definition) is 1. The summed E-state index contributed by atoms with van der Waals surface area (Å²) in [4.78, 5) is 0. The van der Waals surface area contributed by atoms with Crippen molar-refractivity contribution in [1.82, 2.24) is 5.32 Å². The van der Waals surface area contributed by atoms with Gasteiger partial charge in [0.2, 0.25) is 0 Å². The Labute approximate surface area is 112 Å². The second-order valence-corrected chi connectivity index (χ2v) is 5.89. The van der Waals surface area contributed by atoms with Crippen molar-refractivity contribution >= 4 is 0 Å². The summed E-state index contributed by atoms with van der Waals surface area (Å²) in [6, 6.07) is 11.6. The van der Waals surface area contributed by atoms with Crippen molar-refractivity contribution in [2.75, 3.05) is 6.54 Å². The lowest BCUT2D eigenvalue weighted by molar-refractivity contribution is 0.222. The van der Waals surface area contributed by atoms with Crippen molar-refractivity contribution in [1.29, 1.82) is 0 Å². The molecule has 3 unspecified atom stereocenters. The first-order valence-corrected chi connectivity index (χ1v) is 7.57. The fourth-order valence-electron chi connectivity index (χ4n) is 3.38. The number of benzene rings is 1. The molecule has 1 fully saturated rings. The molecule has 1 N–H and O–H groups in total. The van der Waals surface area contributed by atoms with Gasteiger partial charge in [-0.3, -0.25) is 0 Å². The van der Waals surface area contributed by atoms with E-state index in [2.05, 4.69) is 49.5 Å². The van der Waals surface area contributed by atoms with Crippen molar-refractivity contribution in [3.05, 3.63) is 35.9 Å². The monoisotopic (exact) mass is 245 g/mol. The van der Waals surface area contributed by atoms with Gasteiger partial charge >= 0.3 is 0 Å². The van der Waals surface area contributed by atoms with Crippen LogP contribution in [0.3, 0.4) is 0 Å². The molecule has 0 bridgehead atoms. The minimum Gasteiger partial charge on any atom is -0.314 e. The van der Waals surface area contributed by atoms with E-state index in [-0.39, 0.29) is 0 Å². The lowest BCUT2D eigenvalue weighted by atomic mass is 9.77. The molecule has 1 aliphatic carbocycles. The van der Waals surface area contributed by atoms with E-state index in [1.165, 1.54) is 37.7 Å². The molecule has 0 saturated heterocycles. The molecule has 0 amide bonds. The Balaban J connectivity index is 1.98. The molecular formula is C17H27N. The lowest BCUT2D eigenvalue weighted by Crippen LogP contribution is -2.40. The lowest BCUT2D eigenvalue weighted by Gasteiger charge is -2.34. The fraction of sp³-hybridized carbons (Fsp3) is 0.647. The zero-order valence-corrected chi connectivity index (χ0v) is 11.9. The molecule has 0 radical (unpaired) electrons. The molecule has 0 aromatic heterocycles. The van der Waals surface area contributed by atoms with E-state index in [9.17, 15) is 0 Å². The van der Waals surface area contributed by atoms with Crippen LogP contribution < -0.4 is 5.32 Å². The second kappa shape index (κ2) is 6.94. The molecule has 0 heterocycles. The van der Waals surface area contributed by atoms with Crippen LogP contribution in [0.15, 0.2) is 30.3 Å². The van der Waals surface area contributed by atoms with Crippen LogP contribution >= 0.6 is 0 Å². The molecule has 0 spiro atoms. The standard InChI is InChI=1S/C17H27N/c1-3-18-17(13-15-9-5-4-6-10-15)16-11-7-8-14(2)12-16/h4-6,9-10,14,16-18H,3,7-8,11-13H2,1-2H3. The van der Waals surface area contributed by atoms with Gasteiger partial charge in [-0.15, -0.1) is 0 Å². The minimum atomic E-state index is 0.667. The Morgan fingerprint density at radius 3 is 2.67 bits per heavy atom. The highest BCUT2D eigenvalue weighted by atomic mass is 14.9. The first kappa shape index (κ1) is 13.6. The van der Waals surface area contributed by atoms with Gasteiger partial charge in [0.05, 0.1) is 0 Å². The Bertz CT molecular complexity index is 333. The average Bonchev–Trinajstić information content (AvgIpc) is 2.39. The topological polar surface area (TPSA) is 12.0 Å². The highest BCUT2D eigenvalue weighted by Gasteiger charge is 2.26. The molecule has 3 atom stereocenters. The largest absolute Gasteiger partial charge is 0.314 e. The van der Waals surface area contributed by atoms with Crippen LogP contribution in [0.1, 0.15) is 45.1 Å². The Kier molecular flexibility index (Phi) is 5.25. The van der Waals surface area contributed by atoms with Gasteiger partial charge in [-0.25, -0.2) is 0 Å². The quantitative estimate of drug-likeness (QED) is 0.825. The average molecular weight is 245 g/mol. The van der Waals surface area contributed by atoms with Crippen LogP contribution in [-0.2, 0) is 6.42 Å². The molecular weight excluding hydrogens is 218 g/mol. The maximum atomic E-state index is 3.72. The van der Waals surface area contributed by atoms with Crippen LogP contribution in [0.5, 0.6) is 0 Å². The summed E-state index contributed by atoms with van der Waals surface area (Å²) in [6.45, 7) is 5.73. The van der Waals surface area contributed by atoms with E-state index in [1.807, 2.05) is 0 Å². The van der Waals surface area contributed by atoms with E-state index in [0.717, 1.165) is 18.4 Å². The zero-order valence-electron chi connectivity index (χ0n) is 11.9. The summed E-state index contributed by atoms with van der Waals surface area (Å²) in [5, 5.41) is 3.72. The molecule has 100 valence electrons. The van der Waals surface area contributed by atoms with E-state index in [1.54, 1.807) is 0 Å². The van der Waals surface area contributed by atoms with E-state index in [4.69, 9.17) is 0 Å². The van der Waals surface area contributed by atoms with Crippen molar-refractivity contribution in [2.24, 2.45) is 11.8 Å². The molecule has 1 aromatic carbocycles. The first-order valence-electron chi connectivity index (χ1n) is 7.57. The molecule has 18 heavy (non-hydrogen) atoms. The van der Waals surface area contributed by atoms with Gasteiger partial charge in [-0.05, 0) is 43.2 Å². The van der Waals surface area contributed by atoms with Gasteiger partial charge in [-0.2, -0.15) is 0 Å². The summed E-state index contributed by atoms with van der Waals surface area (Å²) in [7, 11) is 0. The fourth-order valence-corrected chi connectivity index (χ4v) is 3.38. The van der Waals surface area contributed by atoms with Crippen LogP contribution in [0.25, 0.3) is 0 Å². The third kappa shape index (κ3) is 3.84. The molecule has 1 heteroatoms. The summed E-state index contributed by atoms with van der Waals surface area (Å²) in [5.74, 6) is 1.79. The van der Waals surface area contributed by atoms with Crippen LogP contribution in [0, 0.1) is 11.8 Å². The van der Waals surface area contributed by atoms with Gasteiger partial charge in [0, 0.05) is 6.04 Å². The second-order valence-electron chi connectivity index (χ2n) is 5.89. The van der Waals surface area contributed by atoms with Gasteiger partial charge < -0.3 is 5.32 Å². The van der Waals surface area contributed by atoms with Crippen LogP contribution in [0.2, 0.25) is 0 Å². The van der Waals surface area contributed by atoms with Crippen molar-refractivity contribution in [2.45, 2.75) is 52.0 Å². The normalized spacial score (nSPS) is 25.9. The Morgan fingerprint density at radius 2 is 2.00 bits per heavy atom. The van der Waals surface area contributed by atoms with Crippen LogP contribution in [-0.4, -0.2) is 12.6 Å². The Hall–Kier alpha value is -0.820. The van der Waals surface area contributed by atoms with E-state index < -0.39 is 0 Å². The Morgan fingerprint density at radius 1 is 1.22 bits per heavy atom. The first-order chi connectivity index (χ1) is 8.79. The number of nitrogens with one attached hydrogen (secondary N) is 1. The van der Waals surface area contributed by atoms with Crippen LogP contribution in [0.4, 0.5) is 0 Å². The highest BCUT2D eigenvalue weighted by Crippen LogP contribution is 2.31. The smallest absolute Gasteiger partial charge is 0.0136 e. The predicted octanol–water partition coefficient (Wildman–Crippen LogP) is 4.03. The number of rotatable bonds is 5. The van der Waals surface area contributed by atoms with Crippen molar-refractivity contribution in [3.8, 4) is 0 Å². The SMILES string of the molecule is CCNC(Cc1ccccc1)C1CCCC(C)C1. The van der Waals surface area contributed by atoms with Gasteiger partial charge in [0.1, 0.15) is 0 Å². The summed E-state index contributed by atoms with van der Waals surface area (Å²) < 4.78 is 0. The highest BCUT2D eigenvalue weighted by molar-refractivity contribution is 5.16. The van der Waals surface area contributed by atoms with Gasteiger partial charge in [0.15, 0.2) is 0 Å². The third-order valence-electron chi connectivity index (χ3n) is 4.31. The van der Waals surface area contributed by atoms with E-state index in [0.29, 0.717) is 6.04 Å². The predicted molar refractivity (Wildman–Crippen MR) is 78.7 cm³/mol. The summed E-state index contributed by atoms with van der Waals surface area (Å²) in [6.07, 6.45) is 6.86. The molecule has 1 nitrogen and oxygen atoms in total. The maximum Gasteiger partial charge on any atom is 0.0136 e. The summed E-state index contributed by atoms with van der Waals surface area (Å²) in [5.41, 5.74) is 1.47. The molecule has 0 aliphatic heterocycles. The molecule has 1 saturated carbocycles. The molecule has 1 aliphatic rings. The van der Waals surface area contributed by atoms with Crippen molar-refractivity contribution < 1.29 is 0 Å². The summed E-state index contributed by atoms with van der Waals surface area (Å²) >= 11 is 0. The zero-order chi connectivity index (χ0) is 12.8. The molecule has 1 aromatic rings. The van der Waals surface area contributed by atoms with Crippen molar-refractivity contribution in [3.63, 3.8) is 0 Å². The maximum absolute atomic E-state index is 3.72. The number of likely N-dealkylation sites (N-methyl/N-ethyl adjacent to an activating group) is 1. The third-order valence-corrected chi connectivity index (χ3v) is 4.31. The van der Waals surface area contributed by atoms with Gasteiger partial charge in [0.25, 0.3) is 0 Å².